The fourth-order valence-corrected chi connectivity index (χ4v) is 6.21. The number of hydrogen-bond donors (Lipinski definition) is 8. The SMILES string of the molecule is O=S(=O)(O)c1cc(N(Nc2ccccc2)N2N=CC=C(O)N2)ccc1C=Cc1ccc(N(Nc2ccccc2)N2N=CC=C(O)N2)cc1S(=O)(=O)O. The molecule has 0 spiro atoms. The molecule has 2 aliphatic heterocycles. The number of hydrazine groups is 6. The van der Waals surface area contributed by atoms with Crippen LogP contribution in [0.3, 0.4) is 0 Å². The normalized spacial score (nSPS) is 14.3. The van der Waals surface area contributed by atoms with Gasteiger partial charge in [-0.2, -0.15) is 27.1 Å². The maximum Gasteiger partial charge on any atom is 0.295 e. The van der Waals surface area contributed by atoms with Gasteiger partial charge in [0.25, 0.3) is 20.2 Å². The molecule has 0 aliphatic carbocycles. The number of rotatable bonds is 12. The molecule has 0 atom stereocenters. The predicted octanol–water partition coefficient (Wildman–Crippen LogP) is 4.26. The zero-order valence-electron chi connectivity index (χ0n) is 26.6. The van der Waals surface area contributed by atoms with Gasteiger partial charge < -0.3 is 10.2 Å². The first-order valence-electron chi connectivity index (χ1n) is 15.0. The number of nitrogens with one attached hydrogen (secondary N) is 4. The average Bonchev–Trinajstić information content (AvgIpc) is 3.12. The van der Waals surface area contributed by atoms with Crippen LogP contribution in [0.5, 0.6) is 0 Å². The number of hydrogen-bond acceptors (Lipinski definition) is 16. The third kappa shape index (κ3) is 8.34. The summed E-state index contributed by atoms with van der Waals surface area (Å²) < 4.78 is 71.2. The van der Waals surface area contributed by atoms with Gasteiger partial charge in [-0.3, -0.25) is 20.0 Å². The van der Waals surface area contributed by atoms with Crippen molar-refractivity contribution in [2.24, 2.45) is 10.2 Å². The Morgan fingerprint density at radius 2 is 0.981 bits per heavy atom. The van der Waals surface area contributed by atoms with E-state index in [0.717, 1.165) is 22.6 Å². The van der Waals surface area contributed by atoms with Crippen molar-refractivity contribution < 1.29 is 36.2 Å². The van der Waals surface area contributed by atoms with Crippen LogP contribution in [0.1, 0.15) is 11.1 Å². The third-order valence-corrected chi connectivity index (χ3v) is 8.94. The second-order valence-electron chi connectivity index (χ2n) is 10.7. The number of para-hydroxylation sites is 2. The molecule has 0 unspecified atom stereocenters. The van der Waals surface area contributed by atoms with Gasteiger partial charge in [-0.05, 0) is 59.7 Å². The number of hydrazone groups is 2. The Kier molecular flexibility index (Phi) is 9.87. The first kappa shape index (κ1) is 35.1. The van der Waals surface area contributed by atoms with E-state index in [2.05, 4.69) is 31.9 Å². The zero-order chi connectivity index (χ0) is 36.9. The molecule has 20 heteroatoms. The van der Waals surface area contributed by atoms with E-state index in [9.17, 15) is 36.2 Å². The average molecular weight is 747 g/mol. The van der Waals surface area contributed by atoms with E-state index in [1.807, 2.05) is 0 Å². The standard InChI is InChI=1S/C32H30N10O8S2/c43-31-17-19-33-41(37-31)39(35-25-7-3-1-4-8-25)27-15-13-23(29(21-27)51(45,46)47)11-12-24-14-16-28(22-30(24)52(48,49)50)40(36-26-9-5-2-6-10-26)42-34-20-18-32(44)38-42/h1-22,35-38,43-44H,(H,45,46,47)(H,48,49,50). The fraction of sp³-hybridized carbons (Fsp3) is 0. The molecule has 18 nitrogen and oxygen atoms in total. The van der Waals surface area contributed by atoms with Crippen molar-refractivity contribution in [1.29, 1.82) is 0 Å². The molecule has 0 fully saturated rings. The molecule has 268 valence electrons. The van der Waals surface area contributed by atoms with Gasteiger partial charge >= 0.3 is 0 Å². The quantitative estimate of drug-likeness (QED) is 0.0575. The summed E-state index contributed by atoms with van der Waals surface area (Å²) in [5, 5.41) is 33.0. The molecule has 2 heterocycles. The van der Waals surface area contributed by atoms with E-state index in [1.54, 1.807) is 60.7 Å². The van der Waals surface area contributed by atoms with Crippen LogP contribution < -0.4 is 31.9 Å². The van der Waals surface area contributed by atoms with Crippen molar-refractivity contribution in [3.63, 3.8) is 0 Å². The highest BCUT2D eigenvalue weighted by Crippen LogP contribution is 2.30. The Morgan fingerprint density at radius 1 is 0.596 bits per heavy atom. The molecule has 0 aromatic heterocycles. The summed E-state index contributed by atoms with van der Waals surface area (Å²) in [5.74, 6) is -0.530. The van der Waals surface area contributed by atoms with E-state index >= 15 is 0 Å². The lowest BCUT2D eigenvalue weighted by atomic mass is 10.1. The molecule has 0 saturated carbocycles. The van der Waals surface area contributed by atoms with Gasteiger partial charge in [0.05, 0.1) is 35.2 Å². The second kappa shape index (κ2) is 14.6. The number of anilines is 4. The van der Waals surface area contributed by atoms with E-state index in [4.69, 9.17) is 0 Å². The van der Waals surface area contributed by atoms with Gasteiger partial charge in [0.1, 0.15) is 9.79 Å². The monoisotopic (exact) mass is 746 g/mol. The number of nitrogens with zero attached hydrogens (tertiary/aromatic N) is 6. The van der Waals surface area contributed by atoms with Crippen LogP contribution in [-0.2, 0) is 20.2 Å². The highest BCUT2D eigenvalue weighted by atomic mass is 32.2. The molecule has 0 radical (unpaired) electrons. The highest BCUT2D eigenvalue weighted by Gasteiger charge is 2.24. The minimum atomic E-state index is -4.89. The molecular formula is C32H30N10O8S2. The maximum atomic E-state index is 12.7. The minimum absolute atomic E-state index is 0.0457. The van der Waals surface area contributed by atoms with Gasteiger partial charge in [0.2, 0.25) is 11.8 Å². The summed E-state index contributed by atoms with van der Waals surface area (Å²) in [6.07, 6.45) is 7.66. The van der Waals surface area contributed by atoms with Gasteiger partial charge in [-0.25, -0.2) is 10.9 Å². The first-order valence-corrected chi connectivity index (χ1v) is 17.9. The predicted molar refractivity (Wildman–Crippen MR) is 195 cm³/mol. The lowest BCUT2D eigenvalue weighted by Gasteiger charge is -2.35. The molecule has 0 amide bonds. The summed E-state index contributed by atoms with van der Waals surface area (Å²) in [6.45, 7) is 0. The van der Waals surface area contributed by atoms with Gasteiger partial charge in [-0.1, -0.05) is 71.1 Å². The second-order valence-corrected chi connectivity index (χ2v) is 13.5. The van der Waals surface area contributed by atoms with Crippen molar-refractivity contribution in [2.45, 2.75) is 9.79 Å². The van der Waals surface area contributed by atoms with E-state index in [-0.39, 0.29) is 34.3 Å². The Labute approximate surface area is 297 Å². The maximum absolute atomic E-state index is 12.7. The largest absolute Gasteiger partial charge is 0.494 e. The van der Waals surface area contributed by atoms with Gasteiger partial charge in [-0.15, -0.1) is 10.2 Å². The van der Waals surface area contributed by atoms with Crippen LogP contribution in [-0.4, -0.2) is 59.0 Å². The Hall–Kier alpha value is -6.74. The van der Waals surface area contributed by atoms with E-state index < -0.39 is 30.0 Å². The first-order chi connectivity index (χ1) is 24.8. The lowest BCUT2D eigenvalue weighted by Crippen LogP contribution is -2.51. The van der Waals surface area contributed by atoms with Crippen LogP contribution >= 0.6 is 0 Å². The summed E-state index contributed by atoms with van der Waals surface area (Å²) >= 11 is 0. The van der Waals surface area contributed by atoms with Crippen LogP contribution in [0.2, 0.25) is 0 Å². The highest BCUT2D eigenvalue weighted by molar-refractivity contribution is 7.86. The molecule has 8 N–H and O–H groups in total. The Bertz CT molecular complexity index is 2160. The van der Waals surface area contributed by atoms with Crippen LogP contribution in [0.25, 0.3) is 12.2 Å². The summed E-state index contributed by atoms with van der Waals surface area (Å²) in [5.41, 5.74) is 12.6. The van der Waals surface area contributed by atoms with Crippen molar-refractivity contribution in [1.82, 2.24) is 21.3 Å². The van der Waals surface area contributed by atoms with Crippen LogP contribution in [0.4, 0.5) is 22.7 Å². The van der Waals surface area contributed by atoms with E-state index in [0.29, 0.717) is 11.4 Å². The lowest BCUT2D eigenvalue weighted by molar-refractivity contribution is 0.158. The molecule has 4 aromatic rings. The molecule has 4 aromatic carbocycles. The number of allylic oxidation sites excluding steroid dienone is 2. The molecule has 6 rings (SSSR count). The fourth-order valence-electron chi connectivity index (χ4n) is 4.80. The summed E-state index contributed by atoms with van der Waals surface area (Å²) in [7, 11) is -9.78. The molecule has 0 saturated heterocycles. The minimum Gasteiger partial charge on any atom is -0.494 e. The van der Waals surface area contributed by atoms with E-state index in [1.165, 1.54) is 71.2 Å². The number of aliphatic hydroxyl groups is 2. The van der Waals surface area contributed by atoms with Crippen molar-refractivity contribution in [3.05, 3.63) is 132 Å². The molecule has 52 heavy (non-hydrogen) atoms. The number of benzene rings is 4. The van der Waals surface area contributed by atoms with Gasteiger partial charge in [0, 0.05) is 12.2 Å². The molecule has 0 bridgehead atoms. The van der Waals surface area contributed by atoms with Gasteiger partial charge in [0.15, 0.2) is 0 Å². The van der Waals surface area contributed by atoms with Crippen molar-refractivity contribution in [2.75, 3.05) is 21.1 Å². The topological polar surface area (TPSA) is 235 Å². The summed E-state index contributed by atoms with van der Waals surface area (Å²) in [4.78, 5) is -1.13. The molecule has 2 aliphatic rings. The van der Waals surface area contributed by atoms with Crippen LogP contribution in [0.15, 0.2) is 141 Å². The van der Waals surface area contributed by atoms with Crippen molar-refractivity contribution >= 4 is 67.6 Å². The Balaban J connectivity index is 1.37. The van der Waals surface area contributed by atoms with Crippen molar-refractivity contribution in [3.8, 4) is 0 Å². The summed E-state index contributed by atoms with van der Waals surface area (Å²) in [6, 6.07) is 25.4. The zero-order valence-corrected chi connectivity index (χ0v) is 28.3. The Morgan fingerprint density at radius 3 is 1.33 bits per heavy atom. The number of aliphatic hydroxyl groups excluding tert-OH is 2. The van der Waals surface area contributed by atoms with Crippen LogP contribution in [0, 0.1) is 0 Å². The third-order valence-electron chi connectivity index (χ3n) is 7.12. The smallest absolute Gasteiger partial charge is 0.295 e. The molecular weight excluding hydrogens is 717 g/mol.